The predicted octanol–water partition coefficient (Wildman–Crippen LogP) is 11.7. The lowest BCUT2D eigenvalue weighted by molar-refractivity contribution is -0.401. The molecule has 2 aromatic heterocycles. The fourth-order valence-electron chi connectivity index (χ4n) is 9.99. The molecule has 0 bridgehead atoms. The van der Waals surface area contributed by atoms with Gasteiger partial charge in [-0.05, 0) is 101 Å². The Balaban J connectivity index is 0.000000156. The van der Waals surface area contributed by atoms with E-state index in [1.54, 1.807) is 0 Å². The second-order valence-corrected chi connectivity index (χ2v) is 18.1. The minimum Gasteiger partial charge on any atom is -0.759 e. The fraction of sp³-hybridized carbons (Fsp3) is 0.222. The summed E-state index contributed by atoms with van der Waals surface area (Å²) in [5.74, 6) is 0. The third-order valence-electron chi connectivity index (χ3n) is 13.0. The highest BCUT2D eigenvalue weighted by Gasteiger charge is 2.43. The van der Waals surface area contributed by atoms with Crippen molar-refractivity contribution in [2.24, 2.45) is 0 Å². The summed E-state index contributed by atoms with van der Waals surface area (Å²) < 4.78 is 43.5. The average Bonchev–Trinajstić information content (AvgIpc) is 3.89. The van der Waals surface area contributed by atoms with Gasteiger partial charge < -0.3 is 18.2 Å². The second kappa shape index (κ2) is 16.7. The van der Waals surface area contributed by atoms with Crippen LogP contribution in [0.4, 0.5) is 11.4 Å². The van der Waals surface area contributed by atoms with Gasteiger partial charge in [0.25, 0.3) is 0 Å². The van der Waals surface area contributed by atoms with E-state index in [-0.39, 0.29) is 10.8 Å². The van der Waals surface area contributed by atoms with Gasteiger partial charge in [-0.15, -0.1) is 0 Å². The highest BCUT2D eigenvalue weighted by atomic mass is 32.3. The molecule has 0 saturated heterocycles. The summed E-state index contributed by atoms with van der Waals surface area (Å²) in [5, 5.41) is 5.32. The molecule has 0 saturated carbocycles. The van der Waals surface area contributed by atoms with Crippen molar-refractivity contribution >= 4 is 89.0 Å². The Hall–Kier alpha value is -6.39. The zero-order valence-electron chi connectivity index (χ0n) is 37.3. The van der Waals surface area contributed by atoms with E-state index in [0.717, 1.165) is 13.1 Å². The molecule has 0 atom stereocenters. The number of nitrogens with zero attached hydrogens (tertiary/aromatic N) is 4. The summed E-state index contributed by atoms with van der Waals surface area (Å²) >= 11 is 0. The zero-order valence-corrected chi connectivity index (χ0v) is 38.1. The Morgan fingerprint density at radius 3 is 1.19 bits per heavy atom. The molecular formula is C54H54N4O4S. The summed E-state index contributed by atoms with van der Waals surface area (Å²) in [5.41, 5.74) is 15.8. The molecule has 0 aliphatic carbocycles. The van der Waals surface area contributed by atoms with Crippen LogP contribution in [0.1, 0.15) is 63.8 Å². The molecule has 8 aromatic rings. The Labute approximate surface area is 370 Å². The van der Waals surface area contributed by atoms with E-state index >= 15 is 0 Å². The molecule has 320 valence electrons. The molecule has 6 aromatic carbocycles. The molecule has 0 amide bonds. The van der Waals surface area contributed by atoms with Crippen LogP contribution in [0.3, 0.4) is 0 Å². The van der Waals surface area contributed by atoms with Crippen molar-refractivity contribution < 1.29 is 26.7 Å². The summed E-state index contributed by atoms with van der Waals surface area (Å²) in [7, 11) is -0.823. The van der Waals surface area contributed by atoms with E-state index in [2.05, 4.69) is 232 Å². The molecule has 0 spiro atoms. The number of allylic oxidation sites excluding steroid dienone is 2. The molecule has 0 N–H and O–H groups in total. The van der Waals surface area contributed by atoms with Crippen molar-refractivity contribution in [2.45, 2.75) is 65.5 Å². The van der Waals surface area contributed by atoms with Crippen LogP contribution in [0, 0.1) is 0 Å². The minimum absolute atomic E-state index is 0.00415. The number of fused-ring (bicyclic) bond motifs is 8. The lowest BCUT2D eigenvalue weighted by Gasteiger charge is -2.15. The first-order chi connectivity index (χ1) is 30.0. The smallest absolute Gasteiger partial charge is 0.209 e. The third-order valence-corrected chi connectivity index (χ3v) is 13.0. The first-order valence-corrected chi connectivity index (χ1v) is 22.8. The van der Waals surface area contributed by atoms with Crippen LogP contribution in [-0.2, 0) is 34.3 Å². The molecule has 0 unspecified atom stereocenters. The largest absolute Gasteiger partial charge is 0.759 e. The van der Waals surface area contributed by atoms with E-state index in [4.69, 9.17) is 17.5 Å². The first-order valence-electron chi connectivity index (χ1n) is 21.5. The first kappa shape index (κ1) is 43.3. The molecular weight excluding hydrogens is 801 g/mol. The highest BCUT2D eigenvalue weighted by molar-refractivity contribution is 7.79. The van der Waals surface area contributed by atoms with Crippen LogP contribution in [0.2, 0.25) is 0 Å². The van der Waals surface area contributed by atoms with Gasteiger partial charge in [0.2, 0.25) is 11.4 Å². The standard InChI is InChI=1S/2C27H27N2.H2O4S/c2*1-5-29-23-12-8-6-10-20(23)21-18-19(14-16-24(21)29)15-17-26-27(2,3)22-11-7-9-13-25(22)28(26)4;1-5(2,3)4/h2*6-18H,5H2,1-4H3;(H2,1,2,3,4)/q2*+1;/p-2. The van der Waals surface area contributed by atoms with Gasteiger partial charge in [0, 0.05) is 103 Å². The van der Waals surface area contributed by atoms with Crippen LogP contribution >= 0.6 is 0 Å². The van der Waals surface area contributed by atoms with E-state index in [1.807, 2.05) is 0 Å². The SMILES string of the molecule is CCn1c2ccccc2c2cc(/C=C/C3=[N+](C)c4ccccc4C3(C)C)ccc21.CCn1c2ccccc2c2cc(/C=C/C3=[N+](C)c4ccccc4C3(C)C)ccc21.O=S(=O)([O-])[O-]. The molecule has 10 rings (SSSR count). The fourth-order valence-corrected chi connectivity index (χ4v) is 9.99. The highest BCUT2D eigenvalue weighted by Crippen LogP contribution is 2.41. The number of rotatable bonds is 6. The van der Waals surface area contributed by atoms with Crippen LogP contribution in [0.15, 0.2) is 146 Å². The van der Waals surface area contributed by atoms with Gasteiger partial charge in [-0.3, -0.25) is 8.42 Å². The van der Waals surface area contributed by atoms with E-state index < -0.39 is 10.4 Å². The van der Waals surface area contributed by atoms with Crippen LogP contribution < -0.4 is 0 Å². The maximum atomic E-state index is 8.52. The number of hydrogen-bond donors (Lipinski definition) is 0. The molecule has 2 aliphatic heterocycles. The maximum Gasteiger partial charge on any atom is 0.209 e. The van der Waals surface area contributed by atoms with Crippen molar-refractivity contribution in [3.8, 4) is 0 Å². The van der Waals surface area contributed by atoms with Gasteiger partial charge >= 0.3 is 0 Å². The monoisotopic (exact) mass is 854 g/mol. The number of para-hydroxylation sites is 4. The number of hydrogen-bond acceptors (Lipinski definition) is 4. The van der Waals surface area contributed by atoms with Crippen molar-refractivity contribution in [3.63, 3.8) is 0 Å². The second-order valence-electron chi connectivity index (χ2n) is 17.3. The Morgan fingerprint density at radius 1 is 0.492 bits per heavy atom. The van der Waals surface area contributed by atoms with E-state index in [0.29, 0.717) is 0 Å². The third kappa shape index (κ3) is 7.97. The molecule has 2 aliphatic rings. The van der Waals surface area contributed by atoms with Crippen LogP contribution in [0.5, 0.6) is 0 Å². The Morgan fingerprint density at radius 2 is 0.825 bits per heavy atom. The van der Waals surface area contributed by atoms with Crippen molar-refractivity contribution in [3.05, 3.63) is 168 Å². The van der Waals surface area contributed by atoms with Crippen molar-refractivity contribution in [2.75, 3.05) is 14.1 Å². The molecule has 63 heavy (non-hydrogen) atoms. The maximum absolute atomic E-state index is 8.52. The lowest BCUT2D eigenvalue weighted by Crippen LogP contribution is -2.26. The quantitative estimate of drug-likeness (QED) is 0.0945. The van der Waals surface area contributed by atoms with Crippen molar-refractivity contribution in [1.82, 2.24) is 9.13 Å². The Kier molecular flexibility index (Phi) is 11.5. The predicted molar refractivity (Wildman–Crippen MR) is 259 cm³/mol. The Bertz CT molecular complexity index is 3110. The molecule has 4 heterocycles. The normalized spacial score (nSPS) is 15.4. The van der Waals surface area contributed by atoms with Gasteiger partial charge in [-0.2, -0.15) is 9.15 Å². The lowest BCUT2D eigenvalue weighted by atomic mass is 9.81. The van der Waals surface area contributed by atoms with Crippen LogP contribution in [0.25, 0.3) is 55.8 Å². The van der Waals surface area contributed by atoms with Gasteiger partial charge in [-0.1, -0.05) is 84.9 Å². The van der Waals surface area contributed by atoms with Gasteiger partial charge in [0.1, 0.15) is 14.1 Å². The van der Waals surface area contributed by atoms with Crippen molar-refractivity contribution in [1.29, 1.82) is 0 Å². The molecule has 0 radical (unpaired) electrons. The minimum atomic E-state index is -5.17. The molecule has 0 fully saturated rings. The topological polar surface area (TPSA) is 96.1 Å². The average molecular weight is 855 g/mol. The van der Waals surface area contributed by atoms with Crippen LogP contribution in [-0.4, -0.2) is 61.3 Å². The summed E-state index contributed by atoms with van der Waals surface area (Å²) in [4.78, 5) is 0. The van der Waals surface area contributed by atoms with Gasteiger partial charge in [-0.25, -0.2) is 0 Å². The number of aromatic nitrogens is 2. The molecule has 9 heteroatoms. The van der Waals surface area contributed by atoms with E-state index in [1.165, 1.54) is 88.7 Å². The number of benzene rings is 6. The summed E-state index contributed by atoms with van der Waals surface area (Å²) in [6.45, 7) is 15.6. The van der Waals surface area contributed by atoms with Gasteiger partial charge in [0.15, 0.2) is 11.4 Å². The number of aryl methyl sites for hydroxylation is 2. The summed E-state index contributed by atoms with van der Waals surface area (Å²) in [6.07, 6.45) is 9.11. The zero-order chi connectivity index (χ0) is 44.8. The van der Waals surface area contributed by atoms with Gasteiger partial charge in [0.05, 0.1) is 10.8 Å². The molecule has 8 nitrogen and oxygen atoms in total. The van der Waals surface area contributed by atoms with E-state index in [9.17, 15) is 0 Å². The summed E-state index contributed by atoms with van der Waals surface area (Å²) in [6, 6.07) is 48.5.